The van der Waals surface area contributed by atoms with Gasteiger partial charge in [0.15, 0.2) is 36.1 Å². The van der Waals surface area contributed by atoms with Crippen molar-refractivity contribution in [1.82, 2.24) is 39.4 Å². The number of carbonyl (C=O) groups excluding carboxylic acids is 2. The van der Waals surface area contributed by atoms with Gasteiger partial charge in [-0.25, -0.2) is 33.5 Å². The van der Waals surface area contributed by atoms with E-state index >= 15 is 0 Å². The third kappa shape index (κ3) is 10.9. The first-order chi connectivity index (χ1) is 29.4. The Hall–Kier alpha value is -5.15. The molecular weight excluding hydrogens is 873 g/mol. The molecule has 6 heterocycles. The van der Waals surface area contributed by atoms with Crippen molar-refractivity contribution >= 4 is 50.1 Å². The van der Waals surface area contributed by atoms with Crippen LogP contribution in [0.2, 0.25) is 0 Å². The first kappa shape index (κ1) is 46.4. The minimum atomic E-state index is -5.32. The van der Waals surface area contributed by atoms with Crippen LogP contribution in [0, 0.1) is 5.82 Å². The molecular formula is C33H41FN10O16P2. The maximum atomic E-state index is 14.1. The Bertz CT molecular complexity index is 2420. The number of allylic oxidation sites excluding steroid dienone is 1. The second-order valence-corrected chi connectivity index (χ2v) is 17.0. The van der Waals surface area contributed by atoms with E-state index in [1.54, 1.807) is 0 Å². The topological polar surface area (TPSA) is 380 Å². The molecule has 10 atom stereocenters. The average Bonchev–Trinajstić information content (AvgIpc) is 3.88. The molecule has 2 aliphatic heterocycles. The van der Waals surface area contributed by atoms with Gasteiger partial charge in [-0.15, -0.1) is 6.58 Å². The van der Waals surface area contributed by atoms with E-state index in [9.17, 15) is 52.8 Å². The molecule has 1 unspecified atom stereocenters. The number of imidazole rings is 1. The number of nitrogens with one attached hydrogen (secondary N) is 1. The molecule has 0 radical (unpaired) electrons. The summed E-state index contributed by atoms with van der Waals surface area (Å²) < 4.78 is 74.3. The van der Waals surface area contributed by atoms with Gasteiger partial charge in [0.25, 0.3) is 0 Å². The lowest BCUT2D eigenvalue weighted by Gasteiger charge is -2.27. The van der Waals surface area contributed by atoms with E-state index in [4.69, 9.17) is 34.9 Å². The number of aliphatic hydroxyl groups is 2. The molecule has 6 rings (SSSR count). The lowest BCUT2D eigenvalue weighted by atomic mass is 10.1. The van der Waals surface area contributed by atoms with Crippen LogP contribution in [0.3, 0.4) is 0 Å². The summed E-state index contributed by atoms with van der Waals surface area (Å²) in [5.74, 6) is -2.73. The molecule has 1 amide bonds. The number of ether oxygens (including phenoxy) is 4. The van der Waals surface area contributed by atoms with Crippen molar-refractivity contribution in [2.24, 2.45) is 0 Å². The Morgan fingerprint density at radius 1 is 1.03 bits per heavy atom. The van der Waals surface area contributed by atoms with Crippen LogP contribution in [0.4, 0.5) is 16.0 Å². The average molecular weight is 915 g/mol. The molecule has 4 aromatic heterocycles. The van der Waals surface area contributed by atoms with Gasteiger partial charge in [-0.1, -0.05) is 6.08 Å². The van der Waals surface area contributed by atoms with Gasteiger partial charge in [-0.2, -0.15) is 4.98 Å². The third-order valence-corrected chi connectivity index (χ3v) is 11.8. The first-order valence-electron chi connectivity index (χ1n) is 18.3. The molecule has 0 aromatic carbocycles. The smallest absolute Gasteiger partial charge is 0.455 e. The van der Waals surface area contributed by atoms with Gasteiger partial charge in [0.1, 0.15) is 53.6 Å². The van der Waals surface area contributed by atoms with Gasteiger partial charge in [-0.05, 0) is 24.1 Å². The minimum absolute atomic E-state index is 0.0423. The van der Waals surface area contributed by atoms with Crippen LogP contribution in [0.5, 0.6) is 0 Å². The Kier molecular flexibility index (Phi) is 14.6. The number of halogens is 1. The number of carbonyl (C=O) groups is 2. The van der Waals surface area contributed by atoms with Crippen LogP contribution in [0.1, 0.15) is 30.9 Å². The Labute approximate surface area is 348 Å². The molecule has 0 spiro atoms. The van der Waals surface area contributed by atoms with Crippen molar-refractivity contribution in [3.05, 3.63) is 77.9 Å². The monoisotopic (exact) mass is 914 g/mol. The summed E-state index contributed by atoms with van der Waals surface area (Å²) in [6, 6.07) is 0.726. The number of aliphatic hydroxyl groups excluding tert-OH is 2. The summed E-state index contributed by atoms with van der Waals surface area (Å²) in [5, 5.41) is 25.5. The largest absolute Gasteiger partial charge is 0.469 e. The predicted molar refractivity (Wildman–Crippen MR) is 205 cm³/mol. The van der Waals surface area contributed by atoms with Crippen molar-refractivity contribution in [1.29, 1.82) is 0 Å². The fourth-order valence-electron chi connectivity index (χ4n) is 6.56. The van der Waals surface area contributed by atoms with E-state index in [1.807, 2.05) is 0 Å². The number of nitrogen functional groups attached to an aromatic ring is 2. The molecule has 26 nitrogen and oxygen atoms in total. The number of esters is 1. The van der Waals surface area contributed by atoms with Crippen molar-refractivity contribution in [3.8, 4) is 0 Å². The molecule has 0 aliphatic carbocycles. The second kappa shape index (κ2) is 19.5. The number of anilines is 2. The molecule has 336 valence electrons. The molecule has 0 bridgehead atoms. The zero-order valence-corrected chi connectivity index (χ0v) is 33.8. The molecule has 2 fully saturated rings. The number of amides is 1. The maximum Gasteiger partial charge on any atom is 0.469 e. The van der Waals surface area contributed by atoms with Crippen LogP contribution in [0.25, 0.3) is 11.2 Å². The number of hydrogen-bond donors (Lipinski definition) is 8. The zero-order chi connectivity index (χ0) is 44.9. The molecule has 4 aromatic rings. The van der Waals surface area contributed by atoms with Crippen LogP contribution in [0.15, 0.2) is 60.8 Å². The quantitative estimate of drug-likeness (QED) is 0.0303. The number of fused-ring (bicyclic) bond motifs is 1. The number of rotatable bonds is 19. The fraction of sp³-hybridized carbons (Fsp3) is 0.455. The summed E-state index contributed by atoms with van der Waals surface area (Å²) in [5.41, 5.74) is 8.77. The van der Waals surface area contributed by atoms with E-state index in [0.29, 0.717) is 4.57 Å². The van der Waals surface area contributed by atoms with Gasteiger partial charge < -0.3 is 65.1 Å². The number of phosphoric ester groups is 1. The number of phosphoric acid groups is 1. The highest BCUT2D eigenvalue weighted by atomic mass is 31.2. The van der Waals surface area contributed by atoms with Crippen LogP contribution < -0.4 is 22.5 Å². The van der Waals surface area contributed by atoms with Gasteiger partial charge in [0.2, 0.25) is 5.91 Å². The summed E-state index contributed by atoms with van der Waals surface area (Å²) in [6.07, 6.45) is -5.30. The number of nitrogens with zero attached hydrogens (tertiary/aromatic N) is 7. The van der Waals surface area contributed by atoms with E-state index < -0.39 is 113 Å². The minimum Gasteiger partial charge on any atom is -0.455 e. The molecule has 29 heteroatoms. The Morgan fingerprint density at radius 2 is 1.76 bits per heavy atom. The van der Waals surface area contributed by atoms with Crippen molar-refractivity contribution < 1.29 is 76.0 Å². The summed E-state index contributed by atoms with van der Waals surface area (Å²) in [4.78, 5) is 88.8. The van der Waals surface area contributed by atoms with Crippen LogP contribution in [-0.2, 0) is 53.3 Å². The number of nitrogens with two attached hydrogens (primary N) is 2. The molecule has 0 saturated carbocycles. The van der Waals surface area contributed by atoms with Gasteiger partial charge in [-0.3, -0.25) is 28.0 Å². The fourth-order valence-corrected chi connectivity index (χ4v) is 8.54. The maximum absolute atomic E-state index is 14.1. The lowest BCUT2D eigenvalue weighted by Crippen LogP contribution is -2.48. The third-order valence-electron chi connectivity index (χ3n) is 9.40. The number of pyridine rings is 1. The summed E-state index contributed by atoms with van der Waals surface area (Å²) >= 11 is 0. The number of hydrogen-bond acceptors (Lipinski definition) is 20. The van der Waals surface area contributed by atoms with Gasteiger partial charge in [0.05, 0.1) is 39.0 Å². The lowest BCUT2D eigenvalue weighted by molar-refractivity contribution is -0.162. The summed E-state index contributed by atoms with van der Waals surface area (Å²) in [6.45, 7) is 0.668. The van der Waals surface area contributed by atoms with E-state index in [-0.39, 0.29) is 47.8 Å². The van der Waals surface area contributed by atoms with E-state index in [2.05, 4.69) is 41.3 Å². The Morgan fingerprint density at radius 3 is 2.47 bits per heavy atom. The van der Waals surface area contributed by atoms with Crippen molar-refractivity contribution in [3.63, 3.8) is 0 Å². The standard InChI is InChI=1S/C33H41FN10O16P2/c1-2-3-4-22(45)41-18(11-55-10-16-7-17(34)9-37-8-16)32(48)60-26-19(58-30(24(26)46)44-15-40-23-28(36)38-14-39-29(23)44)12-56-61(50,51)27-20(13-57-62(52,53)54)59-31(25(27)47)43-6-5-21(35)42-33(43)49/h2,5-9,14-15,18-20,24-27,30-31,46-47H,1,3-4,10-13H2,(H,41,45)(H,50,51)(H2,35,42,49)(H2,36,38,39)(H2,52,53,54)/t18-,19+,20+,24+,25+,26+,27+,30+,31+/m0/s1. The number of aromatic nitrogens is 7. The normalized spacial score (nSPS) is 25.3. The highest BCUT2D eigenvalue weighted by molar-refractivity contribution is 7.53. The second-order valence-electron chi connectivity index (χ2n) is 13.7. The summed E-state index contributed by atoms with van der Waals surface area (Å²) in [7, 11) is -10.6. The molecule has 2 aliphatic rings. The highest BCUT2D eigenvalue weighted by Gasteiger charge is 2.56. The van der Waals surface area contributed by atoms with Crippen LogP contribution >= 0.6 is 15.4 Å². The first-order valence-corrected chi connectivity index (χ1v) is 21.4. The van der Waals surface area contributed by atoms with Gasteiger partial charge in [0, 0.05) is 18.8 Å². The van der Waals surface area contributed by atoms with Crippen molar-refractivity contribution in [2.75, 3.05) is 31.3 Å². The molecule has 62 heavy (non-hydrogen) atoms. The SMILES string of the molecule is C=CCCC(=O)N[C@@H](COCc1cncc(F)c1)C(=O)O[C@H]1[C@@H](O)[C@H](n2cnc3c(N)ncnc32)O[C@@H]1COP(=O)(O)[C@H]1[C@@H](O)[C@H](n2ccc(N)nc2=O)O[C@@H]1COP(=O)(O)O. The zero-order valence-electron chi connectivity index (χ0n) is 32.0. The van der Waals surface area contributed by atoms with Crippen molar-refractivity contribution in [2.45, 2.75) is 74.1 Å². The van der Waals surface area contributed by atoms with Crippen LogP contribution in [-0.4, -0.2) is 133 Å². The van der Waals surface area contributed by atoms with Gasteiger partial charge >= 0.3 is 27.1 Å². The Balaban J connectivity index is 1.27. The van der Waals surface area contributed by atoms with E-state index in [0.717, 1.165) is 30.9 Å². The van der Waals surface area contributed by atoms with E-state index in [1.165, 1.54) is 23.2 Å². The predicted octanol–water partition coefficient (Wildman–Crippen LogP) is -1.44. The molecule has 2 saturated heterocycles. The highest BCUT2D eigenvalue weighted by Crippen LogP contribution is 2.56. The molecule has 10 N–H and O–H groups in total.